The molecule has 6 heteroatoms. The molecule has 3 nitrogen and oxygen atoms in total. The van der Waals surface area contributed by atoms with Crippen molar-refractivity contribution in [3.8, 4) is 0 Å². The van der Waals surface area contributed by atoms with Crippen LogP contribution in [0.5, 0.6) is 0 Å². The summed E-state index contributed by atoms with van der Waals surface area (Å²) in [5.41, 5.74) is 5.60. The van der Waals surface area contributed by atoms with E-state index in [1.807, 2.05) is 6.92 Å². The molecule has 0 aromatic rings. The number of rotatable bonds is 7. The smallest absolute Gasteiger partial charge is 0.383 e. The zero-order valence-corrected chi connectivity index (χ0v) is 9.18. The summed E-state index contributed by atoms with van der Waals surface area (Å²) in [5.74, 6) is 0. The van der Waals surface area contributed by atoms with Gasteiger partial charge in [-0.15, -0.1) is 0 Å². The Morgan fingerprint density at radius 1 is 1.40 bits per heavy atom. The number of alkyl halides is 3. The lowest BCUT2D eigenvalue weighted by Crippen LogP contribution is -2.44. The van der Waals surface area contributed by atoms with Crippen molar-refractivity contribution in [2.24, 2.45) is 5.73 Å². The fourth-order valence-corrected chi connectivity index (χ4v) is 1.40. The van der Waals surface area contributed by atoms with Crippen LogP contribution < -0.4 is 5.73 Å². The Bertz CT molecular complexity index is 164. The van der Waals surface area contributed by atoms with Gasteiger partial charge in [-0.2, -0.15) is 13.2 Å². The van der Waals surface area contributed by atoms with Gasteiger partial charge in [-0.25, -0.2) is 0 Å². The highest BCUT2D eigenvalue weighted by Crippen LogP contribution is 2.16. The number of halogens is 3. The first-order chi connectivity index (χ1) is 6.89. The second kappa shape index (κ2) is 7.03. The molecule has 0 spiro atoms. The van der Waals surface area contributed by atoms with Crippen molar-refractivity contribution in [2.45, 2.75) is 25.6 Å². The van der Waals surface area contributed by atoms with Crippen LogP contribution in [0.2, 0.25) is 0 Å². The van der Waals surface area contributed by atoms with Gasteiger partial charge in [0.25, 0.3) is 0 Å². The largest absolute Gasteiger partial charge is 0.401 e. The van der Waals surface area contributed by atoms with E-state index in [-0.39, 0.29) is 19.2 Å². The summed E-state index contributed by atoms with van der Waals surface area (Å²) in [6.45, 7) is 1.82. The Morgan fingerprint density at radius 2 is 2.00 bits per heavy atom. The molecule has 0 aromatic carbocycles. The van der Waals surface area contributed by atoms with E-state index in [2.05, 4.69) is 0 Å². The molecule has 0 saturated carbocycles. The van der Waals surface area contributed by atoms with Crippen LogP contribution in [-0.4, -0.2) is 50.5 Å². The summed E-state index contributed by atoms with van der Waals surface area (Å²) in [4.78, 5) is 1.31. The topological polar surface area (TPSA) is 38.5 Å². The maximum Gasteiger partial charge on any atom is 0.401 e. The zero-order chi connectivity index (χ0) is 11.9. The van der Waals surface area contributed by atoms with Gasteiger partial charge in [-0.3, -0.25) is 4.90 Å². The molecule has 0 aromatic heterocycles. The van der Waals surface area contributed by atoms with E-state index < -0.39 is 12.7 Å². The zero-order valence-electron chi connectivity index (χ0n) is 9.18. The number of hydrogen-bond donors (Lipinski definition) is 1. The summed E-state index contributed by atoms with van der Waals surface area (Å²) in [6.07, 6.45) is -3.49. The molecule has 0 bridgehead atoms. The van der Waals surface area contributed by atoms with Crippen molar-refractivity contribution in [1.82, 2.24) is 4.90 Å². The minimum atomic E-state index is -4.16. The number of ether oxygens (including phenoxy) is 1. The molecule has 92 valence electrons. The molecule has 0 rings (SSSR count). The maximum atomic E-state index is 12.2. The van der Waals surface area contributed by atoms with Gasteiger partial charge >= 0.3 is 6.18 Å². The molecule has 2 N–H and O–H groups in total. The Morgan fingerprint density at radius 3 is 2.40 bits per heavy atom. The van der Waals surface area contributed by atoms with Crippen molar-refractivity contribution >= 4 is 0 Å². The van der Waals surface area contributed by atoms with Crippen molar-refractivity contribution in [3.63, 3.8) is 0 Å². The Hall–Kier alpha value is -0.330. The van der Waals surface area contributed by atoms with Crippen LogP contribution in [0.4, 0.5) is 13.2 Å². The summed E-state index contributed by atoms with van der Waals surface area (Å²) in [7, 11) is 1.48. The fraction of sp³-hybridized carbons (Fsp3) is 1.00. The lowest BCUT2D eigenvalue weighted by atomic mass is 10.3. The van der Waals surface area contributed by atoms with Gasteiger partial charge in [0.1, 0.15) is 0 Å². The predicted octanol–water partition coefficient (Wildman–Crippen LogP) is 1.23. The maximum absolute atomic E-state index is 12.2. The molecule has 1 atom stereocenters. The van der Waals surface area contributed by atoms with Crippen LogP contribution in [0, 0.1) is 0 Å². The van der Waals surface area contributed by atoms with E-state index >= 15 is 0 Å². The Balaban J connectivity index is 4.03. The summed E-state index contributed by atoms with van der Waals surface area (Å²) >= 11 is 0. The van der Waals surface area contributed by atoms with Gasteiger partial charge in [-0.1, -0.05) is 6.92 Å². The van der Waals surface area contributed by atoms with Gasteiger partial charge in [0.05, 0.1) is 13.2 Å². The van der Waals surface area contributed by atoms with Gasteiger partial charge in [0, 0.05) is 19.7 Å². The van der Waals surface area contributed by atoms with E-state index in [9.17, 15) is 13.2 Å². The number of nitrogens with two attached hydrogens (primary N) is 1. The Kier molecular flexibility index (Phi) is 6.87. The molecule has 0 heterocycles. The highest BCUT2D eigenvalue weighted by molar-refractivity contribution is 4.70. The summed E-state index contributed by atoms with van der Waals surface area (Å²) in [5, 5.41) is 0. The first-order valence-corrected chi connectivity index (χ1v) is 4.92. The monoisotopic (exact) mass is 228 g/mol. The fourth-order valence-electron chi connectivity index (χ4n) is 1.40. The van der Waals surface area contributed by atoms with Gasteiger partial charge in [-0.05, 0) is 13.0 Å². The average Bonchev–Trinajstić information content (AvgIpc) is 2.01. The van der Waals surface area contributed by atoms with Crippen molar-refractivity contribution < 1.29 is 17.9 Å². The molecular weight excluding hydrogens is 209 g/mol. The minimum Gasteiger partial charge on any atom is -0.383 e. The van der Waals surface area contributed by atoms with Crippen LogP contribution >= 0.6 is 0 Å². The molecule has 1 unspecified atom stereocenters. The average molecular weight is 228 g/mol. The number of hydrogen-bond acceptors (Lipinski definition) is 3. The highest BCUT2D eigenvalue weighted by Gasteiger charge is 2.30. The third-order valence-electron chi connectivity index (χ3n) is 1.82. The molecule has 0 fully saturated rings. The van der Waals surface area contributed by atoms with Crippen LogP contribution in [0.25, 0.3) is 0 Å². The SMILES string of the molecule is CCCN(CC(N)COC)CC(F)(F)F. The highest BCUT2D eigenvalue weighted by atomic mass is 19.4. The van der Waals surface area contributed by atoms with Crippen molar-refractivity contribution in [3.05, 3.63) is 0 Å². The van der Waals surface area contributed by atoms with E-state index in [1.165, 1.54) is 12.0 Å². The van der Waals surface area contributed by atoms with Crippen LogP contribution in [-0.2, 0) is 4.74 Å². The minimum absolute atomic E-state index is 0.210. The lowest BCUT2D eigenvalue weighted by Gasteiger charge is -2.25. The van der Waals surface area contributed by atoms with E-state index in [1.54, 1.807) is 0 Å². The van der Waals surface area contributed by atoms with Crippen LogP contribution in [0.3, 0.4) is 0 Å². The molecular formula is C9H19F3N2O. The quantitative estimate of drug-likeness (QED) is 0.712. The molecule has 0 aliphatic rings. The molecule has 0 radical (unpaired) electrons. The molecule has 0 aliphatic heterocycles. The standard InChI is InChI=1S/C9H19F3N2O/c1-3-4-14(7-9(10,11)12)5-8(13)6-15-2/h8H,3-7,13H2,1-2H3. The van der Waals surface area contributed by atoms with Gasteiger partial charge in [0.15, 0.2) is 0 Å². The predicted molar refractivity (Wildman–Crippen MR) is 52.6 cm³/mol. The second-order valence-electron chi connectivity index (χ2n) is 3.57. The number of methoxy groups -OCH3 is 1. The van der Waals surface area contributed by atoms with E-state index in [4.69, 9.17) is 10.5 Å². The van der Waals surface area contributed by atoms with Crippen LogP contribution in [0.15, 0.2) is 0 Å². The van der Waals surface area contributed by atoms with Gasteiger partial charge < -0.3 is 10.5 Å². The normalized spacial score (nSPS) is 14.6. The lowest BCUT2D eigenvalue weighted by molar-refractivity contribution is -0.146. The van der Waals surface area contributed by atoms with Crippen molar-refractivity contribution in [1.29, 1.82) is 0 Å². The third-order valence-corrected chi connectivity index (χ3v) is 1.82. The molecule has 0 amide bonds. The summed E-state index contributed by atoms with van der Waals surface area (Å²) in [6, 6.07) is -0.371. The van der Waals surface area contributed by atoms with Gasteiger partial charge in [0.2, 0.25) is 0 Å². The van der Waals surface area contributed by atoms with E-state index in [0.717, 1.165) is 0 Å². The van der Waals surface area contributed by atoms with Crippen LogP contribution in [0.1, 0.15) is 13.3 Å². The number of nitrogens with zero attached hydrogens (tertiary/aromatic N) is 1. The summed E-state index contributed by atoms with van der Waals surface area (Å²) < 4.78 is 41.2. The molecule has 0 saturated heterocycles. The van der Waals surface area contributed by atoms with E-state index in [0.29, 0.717) is 13.0 Å². The molecule has 0 aliphatic carbocycles. The second-order valence-corrected chi connectivity index (χ2v) is 3.57. The van der Waals surface area contributed by atoms with Crippen molar-refractivity contribution in [2.75, 3.05) is 33.4 Å². The first kappa shape index (κ1) is 14.7. The molecule has 15 heavy (non-hydrogen) atoms. The Labute approximate surface area is 88.4 Å². The third kappa shape index (κ3) is 8.65. The first-order valence-electron chi connectivity index (χ1n) is 4.92.